The molecule has 112 valence electrons. The standard InChI is InChI=1S/C16H18F2N2O/c1-11-9-19-8-7-13(11)10-20-12(2)14-5-3-4-6-15(14)21-16(17)18/h3-9,12,16,20H,10H2,1-2H3. The van der Waals surface area contributed by atoms with E-state index in [0.29, 0.717) is 12.1 Å². The van der Waals surface area contributed by atoms with Crippen LogP contribution in [0.1, 0.15) is 29.7 Å². The van der Waals surface area contributed by atoms with Gasteiger partial charge in [-0.1, -0.05) is 18.2 Å². The van der Waals surface area contributed by atoms with Crippen molar-refractivity contribution in [1.82, 2.24) is 10.3 Å². The molecule has 0 aliphatic rings. The Balaban J connectivity index is 2.07. The maximum absolute atomic E-state index is 12.4. The van der Waals surface area contributed by atoms with Gasteiger partial charge in [0.25, 0.3) is 0 Å². The molecule has 5 heteroatoms. The van der Waals surface area contributed by atoms with E-state index in [4.69, 9.17) is 0 Å². The highest BCUT2D eigenvalue weighted by atomic mass is 19.3. The van der Waals surface area contributed by atoms with Gasteiger partial charge in [0, 0.05) is 30.5 Å². The summed E-state index contributed by atoms with van der Waals surface area (Å²) in [5, 5.41) is 3.32. The average Bonchev–Trinajstić information content (AvgIpc) is 2.46. The van der Waals surface area contributed by atoms with E-state index in [1.54, 1.807) is 30.6 Å². The molecule has 0 fully saturated rings. The lowest BCUT2D eigenvalue weighted by molar-refractivity contribution is -0.0506. The number of rotatable bonds is 6. The Morgan fingerprint density at radius 3 is 2.71 bits per heavy atom. The summed E-state index contributed by atoms with van der Waals surface area (Å²) in [7, 11) is 0. The Hall–Kier alpha value is -2.01. The predicted octanol–water partition coefficient (Wildman–Crippen LogP) is 3.84. The number of nitrogens with zero attached hydrogens (tertiary/aromatic N) is 1. The third-order valence-corrected chi connectivity index (χ3v) is 3.34. The maximum atomic E-state index is 12.4. The zero-order chi connectivity index (χ0) is 15.2. The van der Waals surface area contributed by atoms with Crippen LogP contribution in [0.3, 0.4) is 0 Å². The number of hydrogen-bond donors (Lipinski definition) is 1. The van der Waals surface area contributed by atoms with Crippen molar-refractivity contribution >= 4 is 0 Å². The van der Waals surface area contributed by atoms with Crippen LogP contribution >= 0.6 is 0 Å². The van der Waals surface area contributed by atoms with Gasteiger partial charge in [0.15, 0.2) is 0 Å². The molecule has 0 radical (unpaired) electrons. The van der Waals surface area contributed by atoms with Crippen LogP contribution in [-0.2, 0) is 6.54 Å². The number of halogens is 2. The third kappa shape index (κ3) is 4.23. The third-order valence-electron chi connectivity index (χ3n) is 3.34. The lowest BCUT2D eigenvalue weighted by atomic mass is 10.1. The van der Waals surface area contributed by atoms with E-state index in [1.807, 2.05) is 26.0 Å². The fraction of sp³-hybridized carbons (Fsp3) is 0.312. The normalized spacial score (nSPS) is 12.4. The van der Waals surface area contributed by atoms with Crippen molar-refractivity contribution in [2.75, 3.05) is 0 Å². The number of alkyl halides is 2. The summed E-state index contributed by atoms with van der Waals surface area (Å²) in [6.45, 7) is 1.73. The maximum Gasteiger partial charge on any atom is 0.387 e. The first-order valence-electron chi connectivity index (χ1n) is 6.74. The first kappa shape index (κ1) is 15.4. The number of aromatic nitrogens is 1. The molecule has 1 heterocycles. The minimum absolute atomic E-state index is 0.104. The number of pyridine rings is 1. The van der Waals surface area contributed by atoms with E-state index >= 15 is 0 Å². The molecule has 0 saturated heterocycles. The highest BCUT2D eigenvalue weighted by molar-refractivity contribution is 5.35. The molecule has 1 aromatic carbocycles. The summed E-state index contributed by atoms with van der Waals surface area (Å²) >= 11 is 0. The molecule has 0 aliphatic carbocycles. The Kier molecular flexibility index (Phi) is 5.22. The van der Waals surface area contributed by atoms with Crippen LogP contribution in [0, 0.1) is 6.92 Å². The molecule has 1 N–H and O–H groups in total. The lowest BCUT2D eigenvalue weighted by Crippen LogP contribution is -2.20. The first-order valence-corrected chi connectivity index (χ1v) is 6.74. The van der Waals surface area contributed by atoms with Gasteiger partial charge in [-0.05, 0) is 37.1 Å². The van der Waals surface area contributed by atoms with Crippen LogP contribution in [-0.4, -0.2) is 11.6 Å². The summed E-state index contributed by atoms with van der Waals surface area (Å²) in [5.74, 6) is 0.207. The van der Waals surface area contributed by atoms with Gasteiger partial charge >= 0.3 is 6.61 Å². The molecule has 2 aromatic rings. The minimum atomic E-state index is -2.82. The van der Waals surface area contributed by atoms with Crippen molar-refractivity contribution < 1.29 is 13.5 Å². The highest BCUT2D eigenvalue weighted by Gasteiger charge is 2.14. The SMILES string of the molecule is Cc1cnccc1CNC(C)c1ccccc1OC(F)F. The van der Waals surface area contributed by atoms with Gasteiger partial charge in [-0.3, -0.25) is 4.98 Å². The average molecular weight is 292 g/mol. The van der Waals surface area contributed by atoms with Crippen LogP contribution < -0.4 is 10.1 Å². The number of aryl methyl sites for hydroxylation is 1. The van der Waals surface area contributed by atoms with E-state index in [1.165, 1.54) is 0 Å². The molecule has 0 bridgehead atoms. The first-order chi connectivity index (χ1) is 10.1. The molecule has 0 spiro atoms. The van der Waals surface area contributed by atoms with Gasteiger partial charge in [-0.15, -0.1) is 0 Å². The quantitative estimate of drug-likeness (QED) is 0.878. The van der Waals surface area contributed by atoms with Crippen molar-refractivity contribution in [2.45, 2.75) is 33.0 Å². The number of nitrogens with one attached hydrogen (secondary N) is 1. The Labute approximate surface area is 123 Å². The van der Waals surface area contributed by atoms with E-state index < -0.39 is 6.61 Å². The molecule has 0 aliphatic heterocycles. The smallest absolute Gasteiger partial charge is 0.387 e. The van der Waals surface area contributed by atoms with E-state index in [-0.39, 0.29) is 11.8 Å². The summed E-state index contributed by atoms with van der Waals surface area (Å²) < 4.78 is 29.4. The summed E-state index contributed by atoms with van der Waals surface area (Å²) in [4.78, 5) is 4.05. The highest BCUT2D eigenvalue weighted by Crippen LogP contribution is 2.26. The molecule has 2 rings (SSSR count). The van der Waals surface area contributed by atoms with Crippen molar-refractivity contribution in [1.29, 1.82) is 0 Å². The fourth-order valence-electron chi connectivity index (χ4n) is 2.12. The molecule has 21 heavy (non-hydrogen) atoms. The molecule has 1 aromatic heterocycles. The summed E-state index contributed by atoms with van der Waals surface area (Å²) in [5.41, 5.74) is 2.93. The second-order valence-electron chi connectivity index (χ2n) is 4.82. The van der Waals surface area contributed by atoms with Crippen LogP contribution in [0.5, 0.6) is 5.75 Å². The van der Waals surface area contributed by atoms with E-state index in [0.717, 1.165) is 11.1 Å². The number of para-hydroxylation sites is 1. The number of hydrogen-bond acceptors (Lipinski definition) is 3. The molecule has 0 saturated carbocycles. The molecular formula is C16H18F2N2O. The Morgan fingerprint density at radius 1 is 1.24 bits per heavy atom. The second kappa shape index (κ2) is 7.13. The zero-order valence-corrected chi connectivity index (χ0v) is 12.0. The van der Waals surface area contributed by atoms with Gasteiger partial charge in [0.05, 0.1) is 0 Å². The van der Waals surface area contributed by atoms with Crippen molar-refractivity contribution in [3.63, 3.8) is 0 Å². The van der Waals surface area contributed by atoms with E-state index in [2.05, 4.69) is 15.0 Å². The van der Waals surface area contributed by atoms with Gasteiger partial charge in [0.1, 0.15) is 5.75 Å². The number of ether oxygens (including phenoxy) is 1. The van der Waals surface area contributed by atoms with Crippen LogP contribution in [0.4, 0.5) is 8.78 Å². The molecule has 1 unspecified atom stereocenters. The number of benzene rings is 1. The Morgan fingerprint density at radius 2 is 2.00 bits per heavy atom. The Bertz CT molecular complexity index is 590. The largest absolute Gasteiger partial charge is 0.434 e. The van der Waals surface area contributed by atoms with Crippen LogP contribution in [0.25, 0.3) is 0 Å². The fourth-order valence-corrected chi connectivity index (χ4v) is 2.12. The molecule has 1 atom stereocenters. The predicted molar refractivity (Wildman–Crippen MR) is 77.3 cm³/mol. The minimum Gasteiger partial charge on any atom is -0.434 e. The van der Waals surface area contributed by atoms with E-state index in [9.17, 15) is 8.78 Å². The second-order valence-corrected chi connectivity index (χ2v) is 4.82. The van der Waals surface area contributed by atoms with Crippen molar-refractivity contribution in [3.05, 3.63) is 59.4 Å². The zero-order valence-electron chi connectivity index (χ0n) is 12.0. The molecule has 0 amide bonds. The van der Waals surface area contributed by atoms with Crippen molar-refractivity contribution in [2.24, 2.45) is 0 Å². The van der Waals surface area contributed by atoms with Gasteiger partial charge in [0.2, 0.25) is 0 Å². The van der Waals surface area contributed by atoms with Gasteiger partial charge < -0.3 is 10.1 Å². The van der Waals surface area contributed by atoms with Crippen LogP contribution in [0.2, 0.25) is 0 Å². The van der Waals surface area contributed by atoms with Gasteiger partial charge in [-0.2, -0.15) is 8.78 Å². The van der Waals surface area contributed by atoms with Gasteiger partial charge in [-0.25, -0.2) is 0 Å². The lowest BCUT2D eigenvalue weighted by Gasteiger charge is -2.18. The summed E-state index contributed by atoms with van der Waals surface area (Å²) in [6, 6.07) is 8.67. The topological polar surface area (TPSA) is 34.2 Å². The van der Waals surface area contributed by atoms with Crippen LogP contribution in [0.15, 0.2) is 42.7 Å². The summed E-state index contributed by atoms with van der Waals surface area (Å²) in [6.07, 6.45) is 3.54. The molecule has 3 nitrogen and oxygen atoms in total. The monoisotopic (exact) mass is 292 g/mol. The molecular weight excluding hydrogens is 274 g/mol. The van der Waals surface area contributed by atoms with Crippen molar-refractivity contribution in [3.8, 4) is 5.75 Å².